The summed E-state index contributed by atoms with van der Waals surface area (Å²) in [6.07, 6.45) is 0.883. The third kappa shape index (κ3) is 4.20. The predicted octanol–water partition coefficient (Wildman–Crippen LogP) is 5.82. The van der Waals surface area contributed by atoms with Gasteiger partial charge >= 0.3 is 0 Å². The third-order valence-corrected chi connectivity index (χ3v) is 5.33. The fourth-order valence-electron chi connectivity index (χ4n) is 3.41. The van der Waals surface area contributed by atoms with Gasteiger partial charge in [0, 0.05) is 11.3 Å². The molecule has 0 radical (unpaired) electrons. The normalized spacial score (nSPS) is 11.8. The van der Waals surface area contributed by atoms with Crippen molar-refractivity contribution in [3.8, 4) is 23.0 Å². The largest absolute Gasteiger partial charge is 0.332 e. The van der Waals surface area contributed by atoms with E-state index < -0.39 is 0 Å². The van der Waals surface area contributed by atoms with Crippen molar-refractivity contribution in [2.45, 2.75) is 53.0 Å². The van der Waals surface area contributed by atoms with Gasteiger partial charge in [0.15, 0.2) is 5.69 Å². The number of aromatic nitrogens is 4. The van der Waals surface area contributed by atoms with Crippen molar-refractivity contribution in [2.75, 3.05) is 0 Å². The maximum Gasteiger partial charge on any atom is 0.278 e. The van der Waals surface area contributed by atoms with Crippen LogP contribution in [0.4, 0.5) is 0 Å². The van der Waals surface area contributed by atoms with E-state index in [1.54, 1.807) is 0 Å². The van der Waals surface area contributed by atoms with E-state index in [1.807, 2.05) is 22.9 Å². The van der Waals surface area contributed by atoms with Gasteiger partial charge in [0.2, 0.25) is 5.82 Å². The van der Waals surface area contributed by atoms with Crippen molar-refractivity contribution >= 4 is 0 Å². The van der Waals surface area contributed by atoms with Crippen LogP contribution in [0.3, 0.4) is 0 Å². The minimum atomic E-state index is 0.113. The van der Waals surface area contributed by atoms with E-state index >= 15 is 0 Å². The zero-order valence-electron chi connectivity index (χ0n) is 18.3. The summed E-state index contributed by atoms with van der Waals surface area (Å²) in [5.41, 5.74) is 6.65. The standard InChI is InChI=1S/C25H28N4O/c1-6-21-15-22(27-29(21)16-18-9-7-17(2)8-10-18)24-26-23(28-30-24)19-11-13-20(14-12-19)25(3,4)5/h7-15H,6,16H2,1-5H3. The molecule has 0 fully saturated rings. The molecule has 4 aromatic rings. The Labute approximate surface area is 177 Å². The van der Waals surface area contributed by atoms with Crippen LogP contribution in [0.5, 0.6) is 0 Å². The zero-order chi connectivity index (χ0) is 21.3. The van der Waals surface area contributed by atoms with E-state index in [2.05, 4.69) is 81.2 Å². The Morgan fingerprint density at radius 1 is 0.967 bits per heavy atom. The fourth-order valence-corrected chi connectivity index (χ4v) is 3.41. The molecule has 30 heavy (non-hydrogen) atoms. The van der Waals surface area contributed by atoms with Gasteiger partial charge in [-0.1, -0.05) is 86.9 Å². The fraction of sp³-hybridized carbons (Fsp3) is 0.320. The highest BCUT2D eigenvalue weighted by Gasteiger charge is 2.17. The first-order valence-corrected chi connectivity index (χ1v) is 10.4. The van der Waals surface area contributed by atoms with Crippen LogP contribution in [0.1, 0.15) is 50.1 Å². The Kier molecular flexibility index (Phi) is 5.29. The summed E-state index contributed by atoms with van der Waals surface area (Å²) in [6, 6.07) is 18.9. The molecular formula is C25H28N4O. The van der Waals surface area contributed by atoms with E-state index in [4.69, 9.17) is 9.62 Å². The molecule has 0 unspecified atom stereocenters. The molecule has 2 aromatic carbocycles. The molecule has 0 spiro atoms. The molecule has 0 saturated heterocycles. The van der Waals surface area contributed by atoms with Crippen molar-refractivity contribution in [2.24, 2.45) is 0 Å². The van der Waals surface area contributed by atoms with Gasteiger partial charge in [-0.2, -0.15) is 10.1 Å². The third-order valence-electron chi connectivity index (χ3n) is 5.33. The molecule has 5 heteroatoms. The highest BCUT2D eigenvalue weighted by Crippen LogP contribution is 2.26. The van der Waals surface area contributed by atoms with Crippen LogP contribution in [-0.4, -0.2) is 19.9 Å². The summed E-state index contributed by atoms with van der Waals surface area (Å²) < 4.78 is 7.56. The van der Waals surface area contributed by atoms with E-state index in [0.717, 1.165) is 24.2 Å². The number of benzene rings is 2. The van der Waals surface area contributed by atoms with Crippen molar-refractivity contribution in [1.29, 1.82) is 0 Å². The van der Waals surface area contributed by atoms with Gasteiger partial charge in [0.1, 0.15) is 0 Å². The minimum Gasteiger partial charge on any atom is -0.332 e. The first-order valence-electron chi connectivity index (χ1n) is 10.4. The Bertz CT molecular complexity index is 1130. The number of aryl methyl sites for hydroxylation is 2. The average molecular weight is 401 g/mol. The Morgan fingerprint density at radius 3 is 2.30 bits per heavy atom. The molecule has 5 nitrogen and oxygen atoms in total. The summed E-state index contributed by atoms with van der Waals surface area (Å²) in [5.74, 6) is 1.03. The summed E-state index contributed by atoms with van der Waals surface area (Å²) >= 11 is 0. The van der Waals surface area contributed by atoms with Crippen molar-refractivity contribution in [3.05, 3.63) is 77.0 Å². The van der Waals surface area contributed by atoms with Crippen molar-refractivity contribution in [3.63, 3.8) is 0 Å². The highest BCUT2D eigenvalue weighted by molar-refractivity contribution is 5.58. The minimum absolute atomic E-state index is 0.113. The average Bonchev–Trinajstić information content (AvgIpc) is 3.36. The van der Waals surface area contributed by atoms with Crippen LogP contribution >= 0.6 is 0 Å². The lowest BCUT2D eigenvalue weighted by Gasteiger charge is -2.18. The molecule has 0 bridgehead atoms. The lowest BCUT2D eigenvalue weighted by atomic mass is 9.87. The molecule has 2 aromatic heterocycles. The van der Waals surface area contributed by atoms with Crippen LogP contribution in [0.15, 0.2) is 59.1 Å². The van der Waals surface area contributed by atoms with E-state index in [0.29, 0.717) is 17.4 Å². The summed E-state index contributed by atoms with van der Waals surface area (Å²) in [6.45, 7) is 11.5. The molecule has 0 aliphatic heterocycles. The zero-order valence-corrected chi connectivity index (χ0v) is 18.3. The number of hydrogen-bond acceptors (Lipinski definition) is 4. The lowest BCUT2D eigenvalue weighted by Crippen LogP contribution is -2.10. The number of rotatable bonds is 5. The Balaban J connectivity index is 1.58. The van der Waals surface area contributed by atoms with Gasteiger partial charge < -0.3 is 4.52 Å². The first kappa shape index (κ1) is 20.1. The van der Waals surface area contributed by atoms with Gasteiger partial charge in [-0.05, 0) is 36.0 Å². The molecule has 0 N–H and O–H groups in total. The molecule has 4 rings (SSSR count). The molecule has 0 atom stereocenters. The molecular weight excluding hydrogens is 372 g/mol. The van der Waals surface area contributed by atoms with Gasteiger partial charge in [0.25, 0.3) is 5.89 Å². The van der Waals surface area contributed by atoms with Crippen molar-refractivity contribution in [1.82, 2.24) is 19.9 Å². The molecule has 0 saturated carbocycles. The topological polar surface area (TPSA) is 56.7 Å². The quantitative estimate of drug-likeness (QED) is 0.424. The molecule has 0 aliphatic carbocycles. The van der Waals surface area contributed by atoms with Gasteiger partial charge in [-0.25, -0.2) is 0 Å². The maximum atomic E-state index is 5.54. The highest BCUT2D eigenvalue weighted by atomic mass is 16.5. The Morgan fingerprint density at radius 2 is 1.67 bits per heavy atom. The summed E-state index contributed by atoms with van der Waals surface area (Å²) in [7, 11) is 0. The Hall–Kier alpha value is -3.21. The molecule has 0 aliphatic rings. The SMILES string of the molecule is CCc1cc(-c2nc(-c3ccc(C(C)(C)C)cc3)no2)nn1Cc1ccc(C)cc1. The second-order valence-corrected chi connectivity index (χ2v) is 8.77. The summed E-state index contributed by atoms with van der Waals surface area (Å²) in [5, 5.41) is 8.92. The van der Waals surface area contributed by atoms with Crippen LogP contribution in [0.25, 0.3) is 23.0 Å². The number of nitrogens with zero attached hydrogens (tertiary/aromatic N) is 4. The predicted molar refractivity (Wildman–Crippen MR) is 119 cm³/mol. The van der Waals surface area contributed by atoms with Crippen LogP contribution < -0.4 is 0 Å². The number of hydrogen-bond donors (Lipinski definition) is 0. The molecule has 0 amide bonds. The smallest absolute Gasteiger partial charge is 0.278 e. The first-order chi connectivity index (χ1) is 14.3. The van der Waals surface area contributed by atoms with Crippen molar-refractivity contribution < 1.29 is 4.52 Å². The van der Waals surface area contributed by atoms with Crippen LogP contribution in [0, 0.1) is 6.92 Å². The van der Waals surface area contributed by atoms with Crippen LogP contribution in [0.2, 0.25) is 0 Å². The van der Waals surface area contributed by atoms with E-state index in [1.165, 1.54) is 16.7 Å². The monoisotopic (exact) mass is 400 g/mol. The van der Waals surface area contributed by atoms with E-state index in [9.17, 15) is 0 Å². The van der Waals surface area contributed by atoms with E-state index in [-0.39, 0.29) is 5.41 Å². The second-order valence-electron chi connectivity index (χ2n) is 8.77. The molecule has 154 valence electrons. The lowest BCUT2D eigenvalue weighted by molar-refractivity contribution is 0.430. The van der Waals surface area contributed by atoms with Gasteiger partial charge in [-0.3, -0.25) is 4.68 Å². The maximum absolute atomic E-state index is 5.54. The van der Waals surface area contributed by atoms with Gasteiger partial charge in [-0.15, -0.1) is 0 Å². The molecule has 2 heterocycles. The summed E-state index contributed by atoms with van der Waals surface area (Å²) in [4.78, 5) is 4.60. The van der Waals surface area contributed by atoms with Crippen LogP contribution in [-0.2, 0) is 18.4 Å². The van der Waals surface area contributed by atoms with Gasteiger partial charge in [0.05, 0.1) is 6.54 Å². The second kappa shape index (κ2) is 7.90.